The van der Waals surface area contributed by atoms with Crippen molar-refractivity contribution >= 4 is 29.7 Å². The van der Waals surface area contributed by atoms with E-state index in [4.69, 9.17) is 5.11 Å². The zero-order valence-corrected chi connectivity index (χ0v) is 14.3. The third-order valence-electron chi connectivity index (χ3n) is 3.65. The van der Waals surface area contributed by atoms with Gasteiger partial charge in [-0.15, -0.1) is 0 Å². The molecule has 1 aliphatic heterocycles. The zero-order chi connectivity index (χ0) is 16.9. The summed E-state index contributed by atoms with van der Waals surface area (Å²) < 4.78 is 0. The molecular formula is C15H27N3O4S. The Hall–Kier alpha value is -1.44. The quantitative estimate of drug-likeness (QED) is 0.470. The van der Waals surface area contributed by atoms with Gasteiger partial charge in [0.1, 0.15) is 0 Å². The number of aliphatic carboxylic acids is 1. The molecule has 1 fully saturated rings. The maximum absolute atomic E-state index is 11.7. The summed E-state index contributed by atoms with van der Waals surface area (Å²) in [7, 11) is 0. The smallest absolute Gasteiger partial charge is 0.314 e. The van der Waals surface area contributed by atoms with Gasteiger partial charge in [-0.2, -0.15) is 11.8 Å². The molecule has 8 heteroatoms. The van der Waals surface area contributed by atoms with Crippen molar-refractivity contribution in [2.75, 3.05) is 31.1 Å². The summed E-state index contributed by atoms with van der Waals surface area (Å²) in [5.41, 5.74) is 0. The molecule has 0 bridgehead atoms. The van der Waals surface area contributed by atoms with Gasteiger partial charge in [-0.25, -0.2) is 4.79 Å². The van der Waals surface area contributed by atoms with E-state index in [1.807, 2.05) is 11.8 Å². The zero-order valence-electron chi connectivity index (χ0n) is 13.4. The average molecular weight is 345 g/mol. The molecule has 1 atom stereocenters. The lowest BCUT2D eigenvalue weighted by molar-refractivity contribution is -0.136. The molecule has 1 unspecified atom stereocenters. The fourth-order valence-electron chi connectivity index (χ4n) is 2.32. The number of amides is 3. The molecule has 1 rings (SSSR count). The second-order valence-corrected chi connectivity index (χ2v) is 6.87. The third kappa shape index (κ3) is 10.8. The molecule has 0 aliphatic carbocycles. The molecule has 7 nitrogen and oxygen atoms in total. The van der Waals surface area contributed by atoms with E-state index in [0.717, 1.165) is 6.42 Å². The van der Waals surface area contributed by atoms with Crippen molar-refractivity contribution in [3.8, 4) is 0 Å². The maximum Gasteiger partial charge on any atom is 0.314 e. The van der Waals surface area contributed by atoms with Crippen LogP contribution in [0, 0.1) is 5.92 Å². The van der Waals surface area contributed by atoms with Gasteiger partial charge in [0.2, 0.25) is 5.91 Å². The van der Waals surface area contributed by atoms with Crippen LogP contribution in [-0.4, -0.2) is 54.2 Å². The number of carboxylic acids is 1. The number of carbonyl (C=O) groups excluding carboxylic acids is 2. The van der Waals surface area contributed by atoms with Crippen LogP contribution in [-0.2, 0) is 9.59 Å². The van der Waals surface area contributed by atoms with Gasteiger partial charge in [-0.05, 0) is 43.1 Å². The van der Waals surface area contributed by atoms with Gasteiger partial charge < -0.3 is 21.1 Å². The predicted molar refractivity (Wildman–Crippen MR) is 90.6 cm³/mol. The van der Waals surface area contributed by atoms with Crippen molar-refractivity contribution < 1.29 is 19.5 Å². The van der Waals surface area contributed by atoms with Crippen LogP contribution in [0.1, 0.15) is 38.5 Å². The van der Waals surface area contributed by atoms with Gasteiger partial charge >= 0.3 is 12.0 Å². The Bertz CT molecular complexity index is 385. The fraction of sp³-hybridized carbons (Fsp3) is 0.800. The average Bonchev–Trinajstić information content (AvgIpc) is 2.78. The molecule has 3 amide bonds. The molecule has 4 N–H and O–H groups in total. The fourth-order valence-corrected chi connectivity index (χ4v) is 3.40. The number of hydrogen-bond acceptors (Lipinski definition) is 4. The molecule has 1 aliphatic rings. The minimum atomic E-state index is -0.934. The molecule has 0 aromatic rings. The molecule has 1 saturated heterocycles. The minimum Gasteiger partial charge on any atom is -0.481 e. The molecule has 0 aromatic carbocycles. The van der Waals surface area contributed by atoms with E-state index in [1.54, 1.807) is 0 Å². The first-order chi connectivity index (χ1) is 11.1. The number of carbonyl (C=O) groups is 3. The van der Waals surface area contributed by atoms with Crippen LogP contribution in [0.3, 0.4) is 0 Å². The van der Waals surface area contributed by atoms with Crippen molar-refractivity contribution in [3.05, 3.63) is 0 Å². The van der Waals surface area contributed by atoms with Crippen molar-refractivity contribution in [1.82, 2.24) is 16.0 Å². The molecule has 23 heavy (non-hydrogen) atoms. The van der Waals surface area contributed by atoms with Crippen LogP contribution < -0.4 is 16.0 Å². The first-order valence-electron chi connectivity index (χ1n) is 8.16. The predicted octanol–water partition coefficient (Wildman–Crippen LogP) is 1.19. The second kappa shape index (κ2) is 12.0. The van der Waals surface area contributed by atoms with E-state index in [1.165, 1.54) is 24.3 Å². The van der Waals surface area contributed by atoms with E-state index in [-0.39, 0.29) is 31.3 Å². The van der Waals surface area contributed by atoms with Crippen LogP contribution in [0.15, 0.2) is 0 Å². The Balaban J connectivity index is 1.98. The molecule has 1 heterocycles. The highest BCUT2D eigenvalue weighted by Gasteiger charge is 2.13. The first-order valence-corrected chi connectivity index (χ1v) is 9.31. The molecule has 0 aromatic heterocycles. The van der Waals surface area contributed by atoms with Gasteiger partial charge in [0.25, 0.3) is 0 Å². The lowest BCUT2D eigenvalue weighted by Crippen LogP contribution is -2.39. The number of rotatable bonds is 9. The van der Waals surface area contributed by atoms with Crippen molar-refractivity contribution in [1.29, 1.82) is 0 Å². The largest absolute Gasteiger partial charge is 0.481 e. The number of nitrogens with one attached hydrogen (secondary N) is 3. The van der Waals surface area contributed by atoms with Crippen molar-refractivity contribution in [2.45, 2.75) is 38.5 Å². The number of thioether (sulfide) groups is 1. The topological polar surface area (TPSA) is 108 Å². The lowest BCUT2D eigenvalue weighted by atomic mass is 10.0. The Kier molecular flexibility index (Phi) is 10.3. The number of urea groups is 1. The summed E-state index contributed by atoms with van der Waals surface area (Å²) in [4.78, 5) is 33.4. The Labute approximate surface area is 141 Å². The summed E-state index contributed by atoms with van der Waals surface area (Å²) in [5, 5.41) is 16.6. The van der Waals surface area contributed by atoms with Gasteiger partial charge in [0.15, 0.2) is 0 Å². The van der Waals surface area contributed by atoms with E-state index < -0.39 is 5.97 Å². The number of carboxylic acid groups (broad SMARTS) is 1. The molecule has 132 valence electrons. The standard InChI is InChI=1S/C15H27N3O4S/c19-13(16-8-5-14(20)21)4-1-7-17-15(22)18-11-12-3-2-9-23-10-6-12/h12H,1-11H2,(H,16,19)(H,20,21)(H2,17,18,22). The van der Waals surface area contributed by atoms with Crippen LogP contribution in [0.2, 0.25) is 0 Å². The van der Waals surface area contributed by atoms with Crippen molar-refractivity contribution in [2.24, 2.45) is 5.92 Å². The third-order valence-corrected chi connectivity index (χ3v) is 4.75. The minimum absolute atomic E-state index is 0.0773. The van der Waals surface area contributed by atoms with Crippen LogP contribution in [0.25, 0.3) is 0 Å². The molecule has 0 spiro atoms. The lowest BCUT2D eigenvalue weighted by Gasteiger charge is -2.15. The SMILES string of the molecule is O=C(O)CCNC(=O)CCCNC(=O)NCC1CCCSCC1. The Morgan fingerprint density at radius 2 is 1.83 bits per heavy atom. The van der Waals surface area contributed by atoms with Crippen molar-refractivity contribution in [3.63, 3.8) is 0 Å². The highest BCUT2D eigenvalue weighted by molar-refractivity contribution is 7.99. The van der Waals surface area contributed by atoms with Crippen LogP contribution in [0.4, 0.5) is 4.79 Å². The second-order valence-electron chi connectivity index (χ2n) is 5.64. The van der Waals surface area contributed by atoms with Gasteiger partial charge in [-0.1, -0.05) is 0 Å². The summed E-state index contributed by atoms with van der Waals surface area (Å²) >= 11 is 1.98. The first kappa shape index (κ1) is 19.6. The molecule has 0 radical (unpaired) electrons. The summed E-state index contributed by atoms with van der Waals surface area (Å²) in [6.07, 6.45) is 4.28. The number of hydrogen-bond donors (Lipinski definition) is 4. The monoisotopic (exact) mass is 345 g/mol. The molecular weight excluding hydrogens is 318 g/mol. The van der Waals surface area contributed by atoms with Crippen LogP contribution >= 0.6 is 11.8 Å². The molecule has 0 saturated carbocycles. The summed E-state index contributed by atoms with van der Waals surface area (Å²) in [6.45, 7) is 1.28. The summed E-state index contributed by atoms with van der Waals surface area (Å²) in [6, 6.07) is -0.187. The van der Waals surface area contributed by atoms with E-state index >= 15 is 0 Å². The van der Waals surface area contributed by atoms with E-state index in [0.29, 0.717) is 25.4 Å². The van der Waals surface area contributed by atoms with E-state index in [2.05, 4.69) is 16.0 Å². The maximum atomic E-state index is 11.7. The van der Waals surface area contributed by atoms with Gasteiger partial charge in [-0.3, -0.25) is 9.59 Å². The summed E-state index contributed by atoms with van der Waals surface area (Å²) in [5.74, 6) is 1.83. The Morgan fingerprint density at radius 1 is 1.00 bits per heavy atom. The Morgan fingerprint density at radius 3 is 2.61 bits per heavy atom. The normalized spacial score (nSPS) is 17.8. The van der Waals surface area contributed by atoms with E-state index in [9.17, 15) is 14.4 Å². The highest BCUT2D eigenvalue weighted by Crippen LogP contribution is 2.21. The highest BCUT2D eigenvalue weighted by atomic mass is 32.2. The van der Waals surface area contributed by atoms with Gasteiger partial charge in [0, 0.05) is 26.1 Å². The van der Waals surface area contributed by atoms with Gasteiger partial charge in [0.05, 0.1) is 6.42 Å². The van der Waals surface area contributed by atoms with Crippen LogP contribution in [0.5, 0.6) is 0 Å².